The summed E-state index contributed by atoms with van der Waals surface area (Å²) in [7, 11) is 0. The number of rotatable bonds is 4. The number of hydrogen-bond acceptors (Lipinski definition) is 3. The second kappa shape index (κ2) is 5.61. The lowest BCUT2D eigenvalue weighted by Crippen LogP contribution is -2.31. The SMILES string of the molecule is O=C(CC1CCCN1)NCc1cccnc1. The van der Waals surface area contributed by atoms with Crippen molar-refractivity contribution < 1.29 is 4.79 Å². The summed E-state index contributed by atoms with van der Waals surface area (Å²) < 4.78 is 0. The van der Waals surface area contributed by atoms with Crippen LogP contribution in [0.25, 0.3) is 0 Å². The molecular weight excluding hydrogens is 202 g/mol. The normalized spacial score (nSPS) is 19.6. The van der Waals surface area contributed by atoms with Crippen LogP contribution in [0.3, 0.4) is 0 Å². The fraction of sp³-hybridized carbons (Fsp3) is 0.500. The Morgan fingerprint density at radius 3 is 3.25 bits per heavy atom. The van der Waals surface area contributed by atoms with Crippen LogP contribution in [0.2, 0.25) is 0 Å². The van der Waals surface area contributed by atoms with Crippen molar-refractivity contribution in [1.82, 2.24) is 15.6 Å². The molecule has 1 atom stereocenters. The van der Waals surface area contributed by atoms with Crippen molar-refractivity contribution in [2.75, 3.05) is 6.54 Å². The fourth-order valence-electron chi connectivity index (χ4n) is 1.93. The second-order valence-corrected chi connectivity index (χ2v) is 4.14. The molecule has 1 aromatic heterocycles. The number of nitrogens with zero attached hydrogens (tertiary/aromatic N) is 1. The van der Waals surface area contributed by atoms with Gasteiger partial charge in [0.15, 0.2) is 0 Å². The molecule has 2 rings (SSSR count). The Morgan fingerprint density at radius 1 is 1.62 bits per heavy atom. The molecule has 1 aliphatic heterocycles. The van der Waals surface area contributed by atoms with Crippen LogP contribution in [0.1, 0.15) is 24.8 Å². The van der Waals surface area contributed by atoms with Crippen molar-refractivity contribution in [2.45, 2.75) is 31.8 Å². The molecule has 1 saturated heterocycles. The van der Waals surface area contributed by atoms with Crippen LogP contribution in [0.15, 0.2) is 24.5 Å². The highest BCUT2D eigenvalue weighted by Gasteiger charge is 2.17. The molecule has 4 nitrogen and oxygen atoms in total. The fourth-order valence-corrected chi connectivity index (χ4v) is 1.93. The van der Waals surface area contributed by atoms with Crippen molar-refractivity contribution in [1.29, 1.82) is 0 Å². The average Bonchev–Trinajstić information content (AvgIpc) is 2.81. The van der Waals surface area contributed by atoms with Crippen molar-refractivity contribution in [2.24, 2.45) is 0 Å². The van der Waals surface area contributed by atoms with Gasteiger partial charge in [-0.05, 0) is 31.0 Å². The van der Waals surface area contributed by atoms with Crippen LogP contribution >= 0.6 is 0 Å². The van der Waals surface area contributed by atoms with Gasteiger partial charge >= 0.3 is 0 Å². The summed E-state index contributed by atoms with van der Waals surface area (Å²) in [6, 6.07) is 4.20. The Balaban J connectivity index is 1.71. The third kappa shape index (κ3) is 3.31. The van der Waals surface area contributed by atoms with Gasteiger partial charge in [0.05, 0.1) is 0 Å². The molecule has 0 aliphatic carbocycles. The molecule has 0 radical (unpaired) electrons. The topological polar surface area (TPSA) is 54.0 Å². The molecule has 1 amide bonds. The zero-order valence-corrected chi connectivity index (χ0v) is 9.28. The molecule has 0 bridgehead atoms. The van der Waals surface area contributed by atoms with Gasteiger partial charge in [0, 0.05) is 31.4 Å². The van der Waals surface area contributed by atoms with E-state index < -0.39 is 0 Å². The Morgan fingerprint density at radius 2 is 2.56 bits per heavy atom. The predicted molar refractivity (Wildman–Crippen MR) is 61.7 cm³/mol. The summed E-state index contributed by atoms with van der Waals surface area (Å²) >= 11 is 0. The maximum Gasteiger partial charge on any atom is 0.221 e. The Kier molecular flexibility index (Phi) is 3.88. The van der Waals surface area contributed by atoms with E-state index in [2.05, 4.69) is 15.6 Å². The van der Waals surface area contributed by atoms with Crippen LogP contribution < -0.4 is 10.6 Å². The van der Waals surface area contributed by atoms with Crippen molar-refractivity contribution in [3.05, 3.63) is 30.1 Å². The summed E-state index contributed by atoms with van der Waals surface area (Å²) in [5.74, 6) is 0.114. The largest absolute Gasteiger partial charge is 0.352 e. The number of hydrogen-bond donors (Lipinski definition) is 2. The van der Waals surface area contributed by atoms with Crippen LogP contribution in [-0.4, -0.2) is 23.5 Å². The van der Waals surface area contributed by atoms with E-state index in [-0.39, 0.29) is 5.91 Å². The first-order valence-electron chi connectivity index (χ1n) is 5.73. The number of aromatic nitrogens is 1. The predicted octanol–water partition coefficient (Wildman–Crippen LogP) is 0.840. The molecule has 1 unspecified atom stereocenters. The van der Waals surface area contributed by atoms with E-state index in [1.165, 1.54) is 6.42 Å². The van der Waals surface area contributed by atoms with Crippen molar-refractivity contribution in [3.63, 3.8) is 0 Å². The summed E-state index contributed by atoms with van der Waals surface area (Å²) in [5.41, 5.74) is 1.04. The van der Waals surface area contributed by atoms with Crippen LogP contribution in [-0.2, 0) is 11.3 Å². The van der Waals surface area contributed by atoms with Gasteiger partial charge in [-0.25, -0.2) is 0 Å². The zero-order chi connectivity index (χ0) is 11.2. The lowest BCUT2D eigenvalue weighted by Gasteiger charge is -2.10. The molecule has 0 aromatic carbocycles. The zero-order valence-electron chi connectivity index (χ0n) is 9.28. The molecule has 1 aliphatic rings. The Bertz CT molecular complexity index is 333. The molecule has 1 fully saturated rings. The lowest BCUT2D eigenvalue weighted by molar-refractivity contribution is -0.121. The number of nitrogens with one attached hydrogen (secondary N) is 2. The van der Waals surface area contributed by atoms with Gasteiger partial charge in [0.2, 0.25) is 5.91 Å². The standard InChI is InChI=1S/C12H17N3O/c16-12(7-11-4-2-6-14-11)15-9-10-3-1-5-13-8-10/h1,3,5,8,11,14H,2,4,6-7,9H2,(H,15,16). The van der Waals surface area contributed by atoms with Crippen LogP contribution in [0.5, 0.6) is 0 Å². The average molecular weight is 219 g/mol. The maximum absolute atomic E-state index is 11.6. The minimum Gasteiger partial charge on any atom is -0.352 e. The van der Waals surface area contributed by atoms with E-state index in [4.69, 9.17) is 0 Å². The molecule has 86 valence electrons. The molecule has 1 aromatic rings. The van der Waals surface area contributed by atoms with Gasteiger partial charge in [-0.1, -0.05) is 6.07 Å². The number of carbonyl (C=O) groups excluding carboxylic acids is 1. The monoisotopic (exact) mass is 219 g/mol. The first-order chi connectivity index (χ1) is 7.84. The van der Waals surface area contributed by atoms with Crippen LogP contribution in [0.4, 0.5) is 0 Å². The molecule has 2 heterocycles. The first-order valence-corrected chi connectivity index (χ1v) is 5.73. The number of amides is 1. The van der Waals surface area contributed by atoms with E-state index in [9.17, 15) is 4.79 Å². The minimum absolute atomic E-state index is 0.114. The van der Waals surface area contributed by atoms with Crippen LogP contribution in [0, 0.1) is 0 Å². The summed E-state index contributed by atoms with van der Waals surface area (Å²) in [4.78, 5) is 15.6. The minimum atomic E-state index is 0.114. The van der Waals surface area contributed by atoms with E-state index in [1.807, 2.05) is 12.1 Å². The van der Waals surface area contributed by atoms with E-state index in [1.54, 1.807) is 12.4 Å². The van der Waals surface area contributed by atoms with Crippen molar-refractivity contribution in [3.8, 4) is 0 Å². The third-order valence-electron chi connectivity index (χ3n) is 2.81. The lowest BCUT2D eigenvalue weighted by atomic mass is 10.1. The van der Waals surface area contributed by atoms with Gasteiger partial charge in [-0.15, -0.1) is 0 Å². The molecular formula is C12H17N3O. The van der Waals surface area contributed by atoms with E-state index >= 15 is 0 Å². The van der Waals surface area contributed by atoms with Gasteiger partial charge in [-0.3, -0.25) is 9.78 Å². The Labute approximate surface area is 95.5 Å². The highest BCUT2D eigenvalue weighted by atomic mass is 16.1. The van der Waals surface area contributed by atoms with Gasteiger partial charge in [0.1, 0.15) is 0 Å². The summed E-state index contributed by atoms with van der Waals surface area (Å²) in [6.07, 6.45) is 6.38. The number of pyridine rings is 1. The van der Waals surface area contributed by atoms with E-state index in [0.717, 1.165) is 18.5 Å². The molecule has 0 saturated carbocycles. The molecule has 16 heavy (non-hydrogen) atoms. The highest BCUT2D eigenvalue weighted by Crippen LogP contribution is 2.08. The summed E-state index contributed by atoms with van der Waals surface area (Å²) in [5, 5.41) is 6.22. The quantitative estimate of drug-likeness (QED) is 0.789. The van der Waals surface area contributed by atoms with Gasteiger partial charge < -0.3 is 10.6 Å². The molecule has 0 spiro atoms. The summed E-state index contributed by atoms with van der Waals surface area (Å²) in [6.45, 7) is 1.61. The van der Waals surface area contributed by atoms with E-state index in [0.29, 0.717) is 19.0 Å². The number of carbonyl (C=O) groups is 1. The van der Waals surface area contributed by atoms with Gasteiger partial charge in [-0.2, -0.15) is 0 Å². The van der Waals surface area contributed by atoms with Crippen molar-refractivity contribution >= 4 is 5.91 Å². The Hall–Kier alpha value is -1.42. The smallest absolute Gasteiger partial charge is 0.221 e. The molecule has 4 heteroatoms. The maximum atomic E-state index is 11.6. The van der Waals surface area contributed by atoms with Gasteiger partial charge in [0.25, 0.3) is 0 Å². The second-order valence-electron chi connectivity index (χ2n) is 4.14. The third-order valence-corrected chi connectivity index (χ3v) is 2.81. The molecule has 2 N–H and O–H groups in total. The first kappa shape index (κ1) is 11.1. The highest BCUT2D eigenvalue weighted by molar-refractivity contribution is 5.76.